The zero-order chi connectivity index (χ0) is 26.3. The normalized spacial score (nSPS) is 30.7. The van der Waals surface area contributed by atoms with Gasteiger partial charge in [-0.1, -0.05) is 42.0 Å². The third kappa shape index (κ3) is 5.01. The molecule has 1 spiro atoms. The number of hydrogen-bond donors (Lipinski definition) is 1. The Morgan fingerprint density at radius 1 is 1.16 bits per heavy atom. The molecule has 202 valence electrons. The van der Waals surface area contributed by atoms with Gasteiger partial charge in [0.2, 0.25) is 0 Å². The standard InChI is InChI=1S/C30H34ClN2O4S/c31-23-9-11-25-20(15-23)5-4-13-30(25)18-33-17-22-7-10-24(22)27(34)6-2-1-3-14-38(36)32-29(35)21-8-12-28(37-19-30)26(33)16-21/h2,6,8-9,11-12,15-16,22,24,27,34H,1,3-5,7,10,13-14,17-19H2/q-1/b6-2+/t22-,24+,27-,30-/m0/s1. The highest BCUT2D eigenvalue weighted by Crippen LogP contribution is 2.46. The molecular weight excluding hydrogens is 520 g/mol. The minimum Gasteiger partial charge on any atom is -0.490 e. The van der Waals surface area contributed by atoms with E-state index >= 15 is 0 Å². The number of benzene rings is 2. The van der Waals surface area contributed by atoms with E-state index < -0.39 is 22.6 Å². The number of fused-ring (bicyclic) bond motifs is 4. The Hall–Kier alpha value is -2.35. The van der Waals surface area contributed by atoms with Crippen molar-refractivity contribution in [2.24, 2.45) is 16.2 Å². The second-order valence-corrected chi connectivity index (χ2v) is 12.9. The Bertz CT molecular complexity index is 1350. The van der Waals surface area contributed by atoms with Gasteiger partial charge in [-0.05, 0) is 91.8 Å². The quantitative estimate of drug-likeness (QED) is 0.327. The number of nitrogens with zero attached hydrogens (tertiary/aromatic N) is 2. The van der Waals surface area contributed by atoms with Crippen molar-refractivity contribution in [3.05, 3.63) is 70.3 Å². The van der Waals surface area contributed by atoms with Crippen LogP contribution in [0.5, 0.6) is 5.75 Å². The van der Waals surface area contributed by atoms with Crippen molar-refractivity contribution >= 4 is 33.8 Å². The lowest BCUT2D eigenvalue weighted by atomic mass is 9.68. The summed E-state index contributed by atoms with van der Waals surface area (Å²) < 4.78 is 22.9. The van der Waals surface area contributed by atoms with E-state index in [0.29, 0.717) is 36.7 Å². The van der Waals surface area contributed by atoms with E-state index in [-0.39, 0.29) is 11.3 Å². The van der Waals surface area contributed by atoms with Crippen LogP contribution in [0, 0.1) is 11.8 Å². The Morgan fingerprint density at radius 3 is 2.89 bits per heavy atom. The fourth-order valence-electron chi connectivity index (χ4n) is 6.70. The third-order valence-corrected chi connectivity index (χ3v) is 10.1. The second kappa shape index (κ2) is 10.7. The molecule has 0 unspecified atom stereocenters. The maximum absolute atomic E-state index is 13.0. The van der Waals surface area contributed by atoms with Crippen molar-refractivity contribution in [3.63, 3.8) is 0 Å². The summed E-state index contributed by atoms with van der Waals surface area (Å²) in [4.78, 5) is 15.3. The van der Waals surface area contributed by atoms with Gasteiger partial charge in [0.25, 0.3) is 5.91 Å². The molecule has 2 aromatic rings. The Balaban J connectivity index is 1.43. The van der Waals surface area contributed by atoms with Gasteiger partial charge < -0.3 is 23.3 Å². The molecule has 2 aliphatic heterocycles. The summed E-state index contributed by atoms with van der Waals surface area (Å²) in [5.41, 5.74) is 3.67. The number of allylic oxidation sites excluding steroid dienone is 1. The van der Waals surface area contributed by atoms with Crippen LogP contribution in [-0.2, 0) is 26.6 Å². The summed E-state index contributed by atoms with van der Waals surface area (Å²) in [5.74, 6) is 1.16. The van der Waals surface area contributed by atoms with Gasteiger partial charge in [0.05, 0.1) is 18.4 Å². The zero-order valence-electron chi connectivity index (χ0n) is 21.5. The molecule has 4 atom stereocenters. The maximum atomic E-state index is 13.0. The Labute approximate surface area is 231 Å². The fraction of sp³-hybridized carbons (Fsp3) is 0.500. The number of aliphatic hydroxyl groups excluding tert-OH is 1. The number of anilines is 1. The van der Waals surface area contributed by atoms with E-state index in [2.05, 4.69) is 21.4 Å². The first-order valence-electron chi connectivity index (χ1n) is 13.7. The molecule has 1 saturated carbocycles. The number of hydrogen-bond acceptors (Lipinski definition) is 6. The minimum absolute atomic E-state index is 0.203. The monoisotopic (exact) mass is 553 g/mol. The van der Waals surface area contributed by atoms with Crippen molar-refractivity contribution in [1.82, 2.24) is 0 Å². The first-order valence-corrected chi connectivity index (χ1v) is 15.4. The third-order valence-electron chi connectivity index (χ3n) is 8.86. The molecule has 0 saturated heterocycles. The predicted molar refractivity (Wildman–Crippen MR) is 150 cm³/mol. The van der Waals surface area contributed by atoms with E-state index in [1.807, 2.05) is 30.4 Å². The summed E-state index contributed by atoms with van der Waals surface area (Å²) in [5, 5.41) is 11.7. The summed E-state index contributed by atoms with van der Waals surface area (Å²) >= 11 is 6.37. The SMILES string of the molecule is O=C1N=[S-](=O)CCC/C=C/[C@H](O)[C@@H]2CC[C@H]2CN2C[C@@]3(CCCc4cc(Cl)ccc43)COc3ccc1cc32. The topological polar surface area (TPSA) is 79.2 Å². The van der Waals surface area contributed by atoms with Crippen LogP contribution in [0.25, 0.3) is 0 Å². The lowest BCUT2D eigenvalue weighted by molar-refractivity contribution is 0.0456. The number of halogens is 1. The molecular formula is C30H34ClN2O4S-. The lowest BCUT2D eigenvalue weighted by Crippen LogP contribution is -2.49. The molecule has 0 radical (unpaired) electrons. The Morgan fingerprint density at radius 2 is 2.05 bits per heavy atom. The molecule has 8 heteroatoms. The highest BCUT2D eigenvalue weighted by molar-refractivity contribution is 7.75. The number of aliphatic hydroxyl groups is 1. The van der Waals surface area contributed by atoms with E-state index in [1.54, 1.807) is 6.07 Å². The van der Waals surface area contributed by atoms with Crippen LogP contribution >= 0.6 is 11.6 Å². The van der Waals surface area contributed by atoms with Crippen LogP contribution in [-0.4, -0.2) is 42.6 Å². The van der Waals surface area contributed by atoms with Gasteiger partial charge in [0.1, 0.15) is 5.75 Å². The molecule has 4 aliphatic rings. The van der Waals surface area contributed by atoms with E-state index in [9.17, 15) is 14.1 Å². The van der Waals surface area contributed by atoms with Gasteiger partial charge in [0.15, 0.2) is 0 Å². The van der Waals surface area contributed by atoms with Gasteiger partial charge in [-0.2, -0.15) is 10.6 Å². The van der Waals surface area contributed by atoms with Crippen molar-refractivity contribution in [2.45, 2.75) is 56.5 Å². The number of ether oxygens (including phenoxy) is 1. The van der Waals surface area contributed by atoms with Gasteiger partial charge >= 0.3 is 0 Å². The second-order valence-electron chi connectivity index (χ2n) is 11.3. The zero-order valence-corrected chi connectivity index (χ0v) is 23.1. The largest absolute Gasteiger partial charge is 0.490 e. The first kappa shape index (κ1) is 25.9. The molecule has 6 rings (SSSR count). The van der Waals surface area contributed by atoms with E-state index in [4.69, 9.17) is 16.3 Å². The smallest absolute Gasteiger partial charge is 0.254 e. The van der Waals surface area contributed by atoms with Crippen molar-refractivity contribution in [3.8, 4) is 5.75 Å². The summed E-state index contributed by atoms with van der Waals surface area (Å²) in [7, 11) is -1.58. The fourth-order valence-corrected chi connectivity index (χ4v) is 7.69. The number of aryl methyl sites for hydroxylation is 1. The minimum atomic E-state index is -1.58. The molecule has 6 nitrogen and oxygen atoms in total. The molecule has 2 aliphatic carbocycles. The van der Waals surface area contributed by atoms with Crippen molar-refractivity contribution < 1.29 is 18.8 Å². The van der Waals surface area contributed by atoms with Crippen LogP contribution in [0.3, 0.4) is 0 Å². The van der Waals surface area contributed by atoms with Gasteiger partial charge in [-0.25, -0.2) is 0 Å². The summed E-state index contributed by atoms with van der Waals surface area (Å²) in [6, 6.07) is 11.7. The van der Waals surface area contributed by atoms with E-state index in [0.717, 1.165) is 61.7 Å². The van der Waals surface area contributed by atoms with Crippen molar-refractivity contribution in [2.75, 3.05) is 30.3 Å². The van der Waals surface area contributed by atoms with Crippen molar-refractivity contribution in [1.29, 1.82) is 0 Å². The predicted octanol–water partition coefficient (Wildman–Crippen LogP) is 5.84. The maximum Gasteiger partial charge on any atom is 0.254 e. The average Bonchev–Trinajstić information content (AvgIpc) is 3.03. The molecule has 2 bridgehead atoms. The number of carbonyl (C=O) groups excluding carboxylic acids is 1. The molecule has 2 aromatic carbocycles. The lowest BCUT2D eigenvalue weighted by Gasteiger charge is -2.45. The number of rotatable bonds is 0. The average molecular weight is 554 g/mol. The highest BCUT2D eigenvalue weighted by Gasteiger charge is 2.44. The van der Waals surface area contributed by atoms with Gasteiger partial charge in [-0.3, -0.25) is 4.79 Å². The highest BCUT2D eigenvalue weighted by atomic mass is 35.5. The van der Waals surface area contributed by atoms with Crippen LogP contribution in [0.4, 0.5) is 5.69 Å². The summed E-state index contributed by atoms with van der Waals surface area (Å²) in [6.07, 6.45) is 9.88. The molecule has 38 heavy (non-hydrogen) atoms. The Kier molecular flexibility index (Phi) is 7.27. The van der Waals surface area contributed by atoms with Gasteiger partial charge in [-0.15, -0.1) is 0 Å². The molecule has 0 aromatic heterocycles. The number of carbonyl (C=O) groups is 1. The molecule has 2 heterocycles. The molecule has 1 N–H and O–H groups in total. The van der Waals surface area contributed by atoms with Crippen LogP contribution in [0.15, 0.2) is 52.9 Å². The van der Waals surface area contributed by atoms with Gasteiger partial charge in [0, 0.05) is 29.1 Å². The van der Waals surface area contributed by atoms with E-state index in [1.165, 1.54) is 11.1 Å². The number of amides is 1. The molecule has 1 amide bonds. The van der Waals surface area contributed by atoms with Crippen LogP contribution in [0.2, 0.25) is 5.02 Å². The first-order chi connectivity index (χ1) is 18.4. The summed E-state index contributed by atoms with van der Waals surface area (Å²) in [6.45, 7) is 2.08. The van der Waals surface area contributed by atoms with Crippen LogP contribution in [0.1, 0.15) is 60.0 Å². The molecule has 1 fully saturated rings. The van der Waals surface area contributed by atoms with Crippen LogP contribution < -0.4 is 9.64 Å².